The number of benzene rings is 3. The van der Waals surface area contributed by atoms with E-state index in [9.17, 15) is 18.3 Å². The summed E-state index contributed by atoms with van der Waals surface area (Å²) in [5.41, 5.74) is 0.396. The molecule has 3 aromatic rings. The second-order valence-electron chi connectivity index (χ2n) is 9.28. The summed E-state index contributed by atoms with van der Waals surface area (Å²) in [5.74, 6) is -0.749. The van der Waals surface area contributed by atoms with E-state index in [2.05, 4.69) is 5.32 Å². The van der Waals surface area contributed by atoms with E-state index in [1.165, 1.54) is 36.4 Å². The van der Waals surface area contributed by atoms with E-state index in [-0.39, 0.29) is 20.5 Å². The number of alkyl carbamates (subject to hydrolysis) is 1. The van der Waals surface area contributed by atoms with Crippen LogP contribution in [0.4, 0.5) is 9.18 Å². The summed E-state index contributed by atoms with van der Waals surface area (Å²) < 4.78 is 44.4. The highest BCUT2D eigenvalue weighted by Gasteiger charge is 2.29. The smallest absolute Gasteiger partial charge is 0.408 e. The maximum absolute atomic E-state index is 15.3. The van der Waals surface area contributed by atoms with Crippen LogP contribution in [0.3, 0.4) is 0 Å². The molecule has 0 spiro atoms. The van der Waals surface area contributed by atoms with Gasteiger partial charge in [0.2, 0.25) is 0 Å². The Balaban J connectivity index is 1.99. The zero-order valence-corrected chi connectivity index (χ0v) is 22.4. The zero-order chi connectivity index (χ0) is 26.8. The monoisotopic (exact) mass is 553 g/mol. The van der Waals surface area contributed by atoms with Gasteiger partial charge < -0.3 is 15.2 Å². The van der Waals surface area contributed by atoms with Crippen molar-refractivity contribution in [2.45, 2.75) is 43.4 Å². The summed E-state index contributed by atoms with van der Waals surface area (Å²) in [4.78, 5) is 12.6. The lowest BCUT2D eigenvalue weighted by molar-refractivity contribution is 0.0415. The molecule has 0 saturated heterocycles. The Hall–Kier alpha value is -2.65. The number of aliphatic hydroxyl groups excluding tert-OH is 1. The molecule has 192 valence electrons. The van der Waals surface area contributed by atoms with Gasteiger partial charge in [0.15, 0.2) is 9.84 Å². The normalized spacial score (nSPS) is 13.7. The van der Waals surface area contributed by atoms with E-state index in [0.717, 1.165) is 6.26 Å². The van der Waals surface area contributed by atoms with Crippen LogP contribution in [0.25, 0.3) is 11.1 Å². The maximum atomic E-state index is 15.3. The molecule has 2 atom stereocenters. The number of sulfone groups is 1. The molecule has 0 unspecified atom stereocenters. The van der Waals surface area contributed by atoms with Crippen LogP contribution in [0.1, 0.15) is 44.0 Å². The number of carbonyl (C=O) groups is 1. The van der Waals surface area contributed by atoms with E-state index < -0.39 is 39.5 Å². The van der Waals surface area contributed by atoms with Crippen molar-refractivity contribution in [1.82, 2.24) is 5.32 Å². The third kappa shape index (κ3) is 6.97. The van der Waals surface area contributed by atoms with Crippen LogP contribution in [0.5, 0.6) is 0 Å². The summed E-state index contributed by atoms with van der Waals surface area (Å²) in [5, 5.41) is 14.2. The van der Waals surface area contributed by atoms with Crippen LogP contribution in [0.2, 0.25) is 10.0 Å². The number of nitrogens with one attached hydrogen (secondary N) is 1. The third-order valence-electron chi connectivity index (χ3n) is 5.21. The topological polar surface area (TPSA) is 92.7 Å². The Bertz CT molecular complexity index is 1390. The van der Waals surface area contributed by atoms with Gasteiger partial charge in [0.05, 0.1) is 21.0 Å². The van der Waals surface area contributed by atoms with Crippen LogP contribution in [-0.2, 0) is 14.6 Å². The first-order valence-corrected chi connectivity index (χ1v) is 13.5. The first-order valence-electron chi connectivity index (χ1n) is 10.9. The molecule has 0 aliphatic rings. The number of hydrogen-bond donors (Lipinski definition) is 2. The van der Waals surface area contributed by atoms with Gasteiger partial charge in [-0.25, -0.2) is 17.6 Å². The summed E-state index contributed by atoms with van der Waals surface area (Å²) in [7, 11) is -3.44. The van der Waals surface area contributed by atoms with Crippen molar-refractivity contribution in [3.05, 3.63) is 87.7 Å². The quantitative estimate of drug-likeness (QED) is 0.363. The Morgan fingerprint density at radius 1 is 1.00 bits per heavy atom. The van der Waals surface area contributed by atoms with Crippen molar-refractivity contribution in [2.75, 3.05) is 6.26 Å². The van der Waals surface area contributed by atoms with E-state index in [0.29, 0.717) is 16.7 Å². The van der Waals surface area contributed by atoms with Gasteiger partial charge in [-0.15, -0.1) is 0 Å². The third-order valence-corrected chi connectivity index (χ3v) is 7.05. The van der Waals surface area contributed by atoms with Gasteiger partial charge in [-0.2, -0.15) is 0 Å². The highest BCUT2D eigenvalue weighted by Crippen LogP contribution is 2.35. The fourth-order valence-corrected chi connectivity index (χ4v) is 4.49. The Morgan fingerprint density at radius 3 is 2.25 bits per heavy atom. The molecule has 36 heavy (non-hydrogen) atoms. The van der Waals surface area contributed by atoms with Gasteiger partial charge in [-0.1, -0.05) is 53.5 Å². The molecule has 0 heterocycles. The van der Waals surface area contributed by atoms with Crippen LogP contribution < -0.4 is 5.32 Å². The van der Waals surface area contributed by atoms with Crippen LogP contribution in [-0.4, -0.2) is 31.5 Å². The van der Waals surface area contributed by atoms with Crippen LogP contribution in [0.15, 0.2) is 65.6 Å². The fourth-order valence-electron chi connectivity index (χ4n) is 3.52. The SMILES string of the molecule is CC(C)(C)OC(=O)N[C@@H](c1ccc(Cl)c(Cl)c1)[C@@H](O)c1ccc(-c2cccc(S(C)(=O)=O)c2)cc1F. The second-order valence-corrected chi connectivity index (χ2v) is 12.1. The average molecular weight is 554 g/mol. The Kier molecular flexibility index (Phi) is 8.35. The molecule has 10 heteroatoms. The van der Waals surface area contributed by atoms with Gasteiger partial charge >= 0.3 is 6.09 Å². The molecular weight excluding hydrogens is 528 g/mol. The predicted molar refractivity (Wildman–Crippen MR) is 138 cm³/mol. The number of carbonyl (C=O) groups excluding carboxylic acids is 1. The van der Waals surface area contributed by atoms with Crippen LogP contribution >= 0.6 is 23.2 Å². The van der Waals surface area contributed by atoms with E-state index in [1.807, 2.05) is 0 Å². The highest BCUT2D eigenvalue weighted by molar-refractivity contribution is 7.90. The van der Waals surface area contributed by atoms with Crippen molar-refractivity contribution in [1.29, 1.82) is 0 Å². The van der Waals surface area contributed by atoms with Crippen molar-refractivity contribution >= 4 is 39.1 Å². The molecule has 0 bridgehead atoms. The maximum Gasteiger partial charge on any atom is 0.408 e. The molecule has 0 fully saturated rings. The summed E-state index contributed by atoms with van der Waals surface area (Å²) in [6, 6.07) is 13.7. The van der Waals surface area contributed by atoms with Crippen LogP contribution in [0, 0.1) is 5.82 Å². The Morgan fingerprint density at radius 2 is 1.67 bits per heavy atom. The number of halogens is 3. The molecule has 0 radical (unpaired) electrons. The van der Waals surface area contributed by atoms with Gasteiger partial charge in [0, 0.05) is 11.8 Å². The number of hydrogen-bond acceptors (Lipinski definition) is 5. The molecule has 3 aromatic carbocycles. The Labute approximate surface area is 219 Å². The molecule has 0 aromatic heterocycles. The minimum atomic E-state index is -3.44. The highest BCUT2D eigenvalue weighted by atomic mass is 35.5. The summed E-state index contributed by atoms with van der Waals surface area (Å²) >= 11 is 12.2. The van der Waals surface area contributed by atoms with E-state index in [4.69, 9.17) is 27.9 Å². The van der Waals surface area contributed by atoms with E-state index >= 15 is 4.39 Å². The molecule has 1 amide bonds. The predicted octanol–water partition coefficient (Wildman–Crippen LogP) is 6.50. The summed E-state index contributed by atoms with van der Waals surface area (Å²) in [6.07, 6.45) is -1.24. The number of aliphatic hydroxyl groups is 1. The first kappa shape index (κ1) is 27.9. The number of ether oxygens (including phenoxy) is 1. The molecule has 2 N–H and O–H groups in total. The lowest BCUT2D eigenvalue weighted by Gasteiger charge is -2.28. The number of rotatable bonds is 6. The average Bonchev–Trinajstić information content (AvgIpc) is 2.77. The molecular formula is C26H26Cl2FNO5S. The molecule has 6 nitrogen and oxygen atoms in total. The first-order chi connectivity index (χ1) is 16.7. The standard InChI is InChI=1S/C26H26Cl2FNO5S/c1-26(2,3)35-25(32)30-23(17-9-11-20(27)21(28)13-17)24(31)19-10-8-16(14-22(19)29)15-6-5-7-18(12-15)36(4,33)34/h5-14,23-24,31H,1-4H3,(H,30,32)/t23-,24-/m0/s1. The lowest BCUT2D eigenvalue weighted by Crippen LogP contribution is -2.37. The molecule has 0 aliphatic heterocycles. The van der Waals surface area contributed by atoms with Gasteiger partial charge in [-0.3, -0.25) is 0 Å². The molecule has 0 aliphatic carbocycles. The largest absolute Gasteiger partial charge is 0.444 e. The lowest BCUT2D eigenvalue weighted by atomic mass is 9.93. The van der Waals surface area contributed by atoms with Crippen molar-refractivity contribution in [3.8, 4) is 11.1 Å². The van der Waals surface area contributed by atoms with Gasteiger partial charge in [-0.05, 0) is 67.8 Å². The minimum absolute atomic E-state index is 0.0925. The zero-order valence-electron chi connectivity index (χ0n) is 20.1. The number of amides is 1. The molecule has 0 saturated carbocycles. The fraction of sp³-hybridized carbons (Fsp3) is 0.269. The minimum Gasteiger partial charge on any atom is -0.444 e. The van der Waals surface area contributed by atoms with E-state index in [1.54, 1.807) is 45.0 Å². The van der Waals surface area contributed by atoms with Crippen molar-refractivity contribution < 1.29 is 27.4 Å². The second kappa shape index (κ2) is 10.8. The van der Waals surface area contributed by atoms with Gasteiger partial charge in [0.25, 0.3) is 0 Å². The van der Waals surface area contributed by atoms with Crippen molar-refractivity contribution in [3.63, 3.8) is 0 Å². The molecule has 3 rings (SSSR count). The van der Waals surface area contributed by atoms with Crippen molar-refractivity contribution in [2.24, 2.45) is 0 Å². The van der Waals surface area contributed by atoms with Gasteiger partial charge in [0.1, 0.15) is 17.5 Å². The summed E-state index contributed by atoms with van der Waals surface area (Å²) in [6.45, 7) is 5.07.